The van der Waals surface area contributed by atoms with Gasteiger partial charge in [0.25, 0.3) is 5.91 Å². The second kappa shape index (κ2) is 8.33. The van der Waals surface area contributed by atoms with E-state index in [2.05, 4.69) is 19.2 Å². The number of benzene rings is 1. The lowest BCUT2D eigenvalue weighted by atomic mass is 9.64. The molecule has 0 atom stereocenters. The Bertz CT molecular complexity index is 729. The summed E-state index contributed by atoms with van der Waals surface area (Å²) >= 11 is 0. The van der Waals surface area contributed by atoms with Gasteiger partial charge in [-0.25, -0.2) is 0 Å². The molecule has 2 fully saturated rings. The SMILES string of the molecule is CC(C)CC1(C(=O)Nc2ccc(C(=O)N3CCC(C(=O)O)CC3)cc2)CCC1. The van der Waals surface area contributed by atoms with Gasteiger partial charge in [0.15, 0.2) is 0 Å². The van der Waals surface area contributed by atoms with Crippen LogP contribution in [0.4, 0.5) is 5.69 Å². The van der Waals surface area contributed by atoms with Crippen LogP contribution in [0.25, 0.3) is 0 Å². The van der Waals surface area contributed by atoms with Gasteiger partial charge in [0.1, 0.15) is 0 Å². The minimum Gasteiger partial charge on any atom is -0.481 e. The monoisotopic (exact) mass is 386 g/mol. The van der Waals surface area contributed by atoms with Gasteiger partial charge in [0.05, 0.1) is 5.92 Å². The van der Waals surface area contributed by atoms with Crippen LogP contribution >= 0.6 is 0 Å². The van der Waals surface area contributed by atoms with Crippen LogP contribution in [0.3, 0.4) is 0 Å². The molecule has 0 spiro atoms. The van der Waals surface area contributed by atoms with Gasteiger partial charge < -0.3 is 15.3 Å². The van der Waals surface area contributed by atoms with Crippen molar-refractivity contribution < 1.29 is 19.5 Å². The number of carboxylic acids is 1. The van der Waals surface area contributed by atoms with Crippen LogP contribution in [0.15, 0.2) is 24.3 Å². The third-order valence-electron chi connectivity index (χ3n) is 6.11. The first kappa shape index (κ1) is 20.4. The molecule has 1 heterocycles. The molecule has 1 aromatic rings. The lowest BCUT2D eigenvalue weighted by molar-refractivity contribution is -0.143. The largest absolute Gasteiger partial charge is 0.481 e. The third-order valence-corrected chi connectivity index (χ3v) is 6.11. The highest BCUT2D eigenvalue weighted by molar-refractivity contribution is 5.97. The van der Waals surface area contributed by atoms with E-state index in [1.165, 1.54) is 0 Å². The molecule has 0 bridgehead atoms. The summed E-state index contributed by atoms with van der Waals surface area (Å²) in [5, 5.41) is 12.1. The van der Waals surface area contributed by atoms with Crippen LogP contribution in [0, 0.1) is 17.3 Å². The van der Waals surface area contributed by atoms with Gasteiger partial charge in [-0.05, 0) is 62.3 Å². The van der Waals surface area contributed by atoms with Crippen molar-refractivity contribution in [2.75, 3.05) is 18.4 Å². The maximum Gasteiger partial charge on any atom is 0.306 e. The minimum atomic E-state index is -0.783. The number of rotatable bonds is 6. The quantitative estimate of drug-likeness (QED) is 0.779. The van der Waals surface area contributed by atoms with Crippen molar-refractivity contribution in [2.24, 2.45) is 17.3 Å². The standard InChI is InChI=1S/C22H30N2O4/c1-15(2)14-22(10-3-11-22)21(28)23-18-6-4-16(5-7-18)19(25)24-12-8-17(9-13-24)20(26)27/h4-7,15,17H,3,8-14H2,1-2H3,(H,23,28)(H,26,27). The Kier molecular flexibility index (Phi) is 6.06. The van der Waals surface area contributed by atoms with Crippen molar-refractivity contribution in [1.82, 2.24) is 4.90 Å². The Morgan fingerprint density at radius 3 is 2.21 bits per heavy atom. The molecule has 6 heteroatoms. The van der Waals surface area contributed by atoms with Crippen molar-refractivity contribution in [3.63, 3.8) is 0 Å². The van der Waals surface area contributed by atoms with Gasteiger partial charge in [-0.2, -0.15) is 0 Å². The number of likely N-dealkylation sites (tertiary alicyclic amines) is 1. The second-order valence-corrected chi connectivity index (χ2v) is 8.67. The first-order valence-corrected chi connectivity index (χ1v) is 10.2. The van der Waals surface area contributed by atoms with Gasteiger partial charge >= 0.3 is 5.97 Å². The molecule has 2 N–H and O–H groups in total. The smallest absolute Gasteiger partial charge is 0.306 e. The van der Waals surface area contributed by atoms with Crippen LogP contribution in [0.2, 0.25) is 0 Å². The second-order valence-electron chi connectivity index (χ2n) is 8.67. The van der Waals surface area contributed by atoms with E-state index in [1.54, 1.807) is 29.2 Å². The van der Waals surface area contributed by atoms with Crippen molar-refractivity contribution >= 4 is 23.5 Å². The van der Waals surface area contributed by atoms with Gasteiger partial charge in [-0.3, -0.25) is 14.4 Å². The van der Waals surface area contributed by atoms with Gasteiger partial charge in [0, 0.05) is 29.8 Å². The van der Waals surface area contributed by atoms with E-state index in [-0.39, 0.29) is 23.1 Å². The molecule has 0 aromatic heterocycles. The van der Waals surface area contributed by atoms with E-state index in [9.17, 15) is 14.4 Å². The fraction of sp³-hybridized carbons (Fsp3) is 0.591. The fourth-order valence-electron chi connectivity index (χ4n) is 4.38. The molecule has 2 aliphatic rings. The number of nitrogens with zero attached hydrogens (tertiary/aromatic N) is 1. The zero-order valence-corrected chi connectivity index (χ0v) is 16.7. The van der Waals surface area contributed by atoms with Crippen LogP contribution in [-0.4, -0.2) is 40.9 Å². The van der Waals surface area contributed by atoms with Crippen LogP contribution in [0.5, 0.6) is 0 Å². The zero-order chi connectivity index (χ0) is 20.3. The highest BCUT2D eigenvalue weighted by Gasteiger charge is 2.44. The summed E-state index contributed by atoms with van der Waals surface area (Å²) in [6.07, 6.45) is 4.88. The van der Waals surface area contributed by atoms with Crippen LogP contribution in [-0.2, 0) is 9.59 Å². The van der Waals surface area contributed by atoms with Crippen molar-refractivity contribution in [3.05, 3.63) is 29.8 Å². The molecule has 3 rings (SSSR count). The molecule has 1 saturated carbocycles. The summed E-state index contributed by atoms with van der Waals surface area (Å²) in [6.45, 7) is 5.22. The number of carbonyl (C=O) groups excluding carboxylic acids is 2. The van der Waals surface area contributed by atoms with Crippen molar-refractivity contribution in [2.45, 2.75) is 52.4 Å². The maximum absolute atomic E-state index is 12.8. The molecular weight excluding hydrogens is 356 g/mol. The fourth-order valence-corrected chi connectivity index (χ4v) is 4.38. The Hall–Kier alpha value is -2.37. The molecule has 1 saturated heterocycles. The lowest BCUT2D eigenvalue weighted by Gasteiger charge is -2.41. The lowest BCUT2D eigenvalue weighted by Crippen LogP contribution is -2.43. The molecule has 1 aromatic carbocycles. The first-order chi connectivity index (χ1) is 13.3. The Labute approximate surface area is 166 Å². The van der Waals surface area contributed by atoms with Crippen molar-refractivity contribution in [3.8, 4) is 0 Å². The van der Waals surface area contributed by atoms with E-state index in [0.717, 1.165) is 25.7 Å². The normalized spacial score (nSPS) is 19.2. The summed E-state index contributed by atoms with van der Waals surface area (Å²) in [5.74, 6) is -0.657. The van der Waals surface area contributed by atoms with Crippen molar-refractivity contribution in [1.29, 1.82) is 0 Å². The number of aliphatic carboxylic acids is 1. The first-order valence-electron chi connectivity index (χ1n) is 10.2. The molecule has 152 valence electrons. The number of nitrogens with one attached hydrogen (secondary N) is 1. The number of hydrogen-bond acceptors (Lipinski definition) is 3. The topological polar surface area (TPSA) is 86.7 Å². The average molecular weight is 386 g/mol. The molecular formula is C22H30N2O4. The summed E-state index contributed by atoms with van der Waals surface area (Å²) < 4.78 is 0. The van der Waals surface area contributed by atoms with Gasteiger partial charge in [0.2, 0.25) is 5.91 Å². The Balaban J connectivity index is 1.58. The average Bonchev–Trinajstić information content (AvgIpc) is 2.64. The van der Waals surface area contributed by atoms with Crippen LogP contribution in [0.1, 0.15) is 62.7 Å². The molecule has 2 amide bonds. The third kappa shape index (κ3) is 4.37. The van der Waals surface area contributed by atoms with E-state index in [4.69, 9.17) is 5.11 Å². The van der Waals surface area contributed by atoms with Crippen LogP contribution < -0.4 is 5.32 Å². The number of anilines is 1. The number of hydrogen-bond donors (Lipinski definition) is 2. The van der Waals surface area contributed by atoms with Gasteiger partial charge in [-0.1, -0.05) is 20.3 Å². The summed E-state index contributed by atoms with van der Waals surface area (Å²) in [6, 6.07) is 7.02. The highest BCUT2D eigenvalue weighted by Crippen LogP contribution is 2.46. The summed E-state index contributed by atoms with van der Waals surface area (Å²) in [5.41, 5.74) is 1.03. The summed E-state index contributed by atoms with van der Waals surface area (Å²) in [7, 11) is 0. The Morgan fingerprint density at radius 2 is 1.75 bits per heavy atom. The number of carbonyl (C=O) groups is 3. The number of piperidine rings is 1. The predicted octanol–water partition coefficient (Wildman–Crippen LogP) is 3.78. The van der Waals surface area contributed by atoms with E-state index in [1.807, 2.05) is 0 Å². The molecule has 1 aliphatic heterocycles. The minimum absolute atomic E-state index is 0.0854. The molecule has 28 heavy (non-hydrogen) atoms. The Morgan fingerprint density at radius 1 is 1.14 bits per heavy atom. The molecule has 6 nitrogen and oxygen atoms in total. The predicted molar refractivity (Wildman–Crippen MR) is 107 cm³/mol. The van der Waals surface area contributed by atoms with E-state index in [0.29, 0.717) is 43.1 Å². The zero-order valence-electron chi connectivity index (χ0n) is 16.7. The highest BCUT2D eigenvalue weighted by atomic mass is 16.4. The summed E-state index contributed by atoms with van der Waals surface area (Å²) in [4.78, 5) is 38.2. The number of carboxylic acid groups (broad SMARTS) is 1. The molecule has 0 radical (unpaired) electrons. The van der Waals surface area contributed by atoms with E-state index >= 15 is 0 Å². The van der Waals surface area contributed by atoms with Gasteiger partial charge in [-0.15, -0.1) is 0 Å². The maximum atomic E-state index is 12.8. The molecule has 0 unspecified atom stereocenters. The number of amides is 2. The molecule has 1 aliphatic carbocycles. The van der Waals surface area contributed by atoms with E-state index < -0.39 is 5.97 Å².